The summed E-state index contributed by atoms with van der Waals surface area (Å²) in [6.45, 7) is 4.79. The monoisotopic (exact) mass is 264 g/mol. The van der Waals surface area contributed by atoms with Crippen LogP contribution in [0.4, 0.5) is 11.8 Å². The number of nitrogens with two attached hydrogens (primary N) is 1. The molecule has 1 aliphatic heterocycles. The van der Waals surface area contributed by atoms with E-state index >= 15 is 0 Å². The van der Waals surface area contributed by atoms with Crippen LogP contribution in [0.1, 0.15) is 24.2 Å². The first-order chi connectivity index (χ1) is 9.20. The average Bonchev–Trinajstić information content (AvgIpc) is 2.93. The summed E-state index contributed by atoms with van der Waals surface area (Å²) < 4.78 is 0. The van der Waals surface area contributed by atoms with Crippen LogP contribution >= 0.6 is 0 Å². The van der Waals surface area contributed by atoms with Gasteiger partial charge in [0.1, 0.15) is 5.82 Å². The third-order valence-electron chi connectivity index (χ3n) is 2.39. The van der Waals surface area contributed by atoms with Gasteiger partial charge in [-0.3, -0.25) is 4.79 Å². The SMILES string of the molecule is CC.CNc1nc(NC2C=CNC2)ncc1C(N)=O. The second-order valence-corrected chi connectivity index (χ2v) is 3.59. The fraction of sp³-hybridized carbons (Fsp3) is 0.417. The van der Waals surface area contributed by atoms with E-state index < -0.39 is 5.91 Å². The van der Waals surface area contributed by atoms with Crippen LogP contribution in [0.25, 0.3) is 0 Å². The van der Waals surface area contributed by atoms with Crippen LogP contribution < -0.4 is 21.7 Å². The van der Waals surface area contributed by atoms with E-state index in [1.54, 1.807) is 7.05 Å². The number of rotatable bonds is 4. The number of hydrogen-bond donors (Lipinski definition) is 4. The van der Waals surface area contributed by atoms with Gasteiger partial charge in [0.25, 0.3) is 5.91 Å². The Kier molecular flexibility index (Phi) is 5.59. The molecule has 0 spiro atoms. The third kappa shape index (κ3) is 3.84. The first-order valence-corrected chi connectivity index (χ1v) is 6.22. The zero-order valence-electron chi connectivity index (χ0n) is 11.4. The van der Waals surface area contributed by atoms with Crippen LogP contribution in [0.2, 0.25) is 0 Å². The molecule has 7 heteroatoms. The lowest BCUT2D eigenvalue weighted by molar-refractivity contribution is 0.100. The maximum atomic E-state index is 11.1. The van der Waals surface area contributed by atoms with Gasteiger partial charge in [-0.15, -0.1) is 0 Å². The lowest BCUT2D eigenvalue weighted by Gasteiger charge is -2.12. The molecule has 1 atom stereocenters. The highest BCUT2D eigenvalue weighted by Crippen LogP contribution is 2.13. The topological polar surface area (TPSA) is 105 Å². The maximum Gasteiger partial charge on any atom is 0.254 e. The number of carbonyl (C=O) groups excluding carboxylic acids is 1. The molecular formula is C12H20N6O. The zero-order valence-corrected chi connectivity index (χ0v) is 11.4. The number of carbonyl (C=O) groups is 1. The summed E-state index contributed by atoms with van der Waals surface area (Å²) in [5.41, 5.74) is 5.48. The second kappa shape index (κ2) is 7.20. The van der Waals surface area contributed by atoms with E-state index in [1.807, 2.05) is 26.1 Å². The first kappa shape index (κ1) is 14.7. The molecule has 1 amide bonds. The standard InChI is InChI=1S/C10H14N6O.C2H6/c1-12-9-7(8(11)17)5-14-10(16-9)15-6-2-3-13-4-6;1-2/h2-3,5-6,13H,4H2,1H3,(H2,11,17)(H2,12,14,15,16);1-2H3. The van der Waals surface area contributed by atoms with E-state index in [0.717, 1.165) is 6.54 Å². The molecule has 7 nitrogen and oxygen atoms in total. The molecule has 0 aliphatic carbocycles. The first-order valence-electron chi connectivity index (χ1n) is 6.22. The van der Waals surface area contributed by atoms with Crippen molar-refractivity contribution in [3.8, 4) is 0 Å². The van der Waals surface area contributed by atoms with Gasteiger partial charge >= 0.3 is 0 Å². The minimum atomic E-state index is -0.552. The van der Waals surface area contributed by atoms with Crippen LogP contribution in [-0.4, -0.2) is 35.5 Å². The predicted molar refractivity (Wildman–Crippen MR) is 76.0 cm³/mol. The molecule has 104 valence electrons. The Hall–Kier alpha value is -2.31. The average molecular weight is 264 g/mol. The molecule has 2 heterocycles. The van der Waals surface area contributed by atoms with Crippen LogP contribution in [0.5, 0.6) is 0 Å². The van der Waals surface area contributed by atoms with Crippen LogP contribution in [0, 0.1) is 0 Å². The molecule has 5 N–H and O–H groups in total. The molecule has 1 aromatic rings. The number of primary amides is 1. The number of hydrogen-bond acceptors (Lipinski definition) is 6. The number of anilines is 2. The van der Waals surface area contributed by atoms with E-state index in [0.29, 0.717) is 11.8 Å². The van der Waals surface area contributed by atoms with Gasteiger partial charge in [0.15, 0.2) is 0 Å². The Morgan fingerprint density at radius 2 is 2.26 bits per heavy atom. The van der Waals surface area contributed by atoms with Gasteiger partial charge in [0.2, 0.25) is 5.95 Å². The highest BCUT2D eigenvalue weighted by atomic mass is 16.1. The molecule has 1 aromatic heterocycles. The quantitative estimate of drug-likeness (QED) is 0.632. The van der Waals surface area contributed by atoms with Crippen LogP contribution in [0.3, 0.4) is 0 Å². The van der Waals surface area contributed by atoms with E-state index in [1.165, 1.54) is 6.20 Å². The minimum Gasteiger partial charge on any atom is -0.389 e. The number of aromatic nitrogens is 2. The van der Waals surface area contributed by atoms with Crippen molar-refractivity contribution in [2.24, 2.45) is 5.73 Å². The highest BCUT2D eigenvalue weighted by Gasteiger charge is 2.13. The Balaban J connectivity index is 0.000000861. The molecule has 1 aliphatic rings. The molecule has 19 heavy (non-hydrogen) atoms. The molecule has 0 aromatic carbocycles. The van der Waals surface area contributed by atoms with Gasteiger partial charge in [-0.25, -0.2) is 4.98 Å². The van der Waals surface area contributed by atoms with Gasteiger partial charge in [-0.05, 0) is 12.3 Å². The number of nitrogens with zero attached hydrogens (tertiary/aromatic N) is 2. The third-order valence-corrected chi connectivity index (χ3v) is 2.39. The fourth-order valence-electron chi connectivity index (χ4n) is 1.53. The smallest absolute Gasteiger partial charge is 0.254 e. The molecule has 1 unspecified atom stereocenters. The van der Waals surface area contributed by atoms with Crippen LogP contribution in [-0.2, 0) is 0 Å². The van der Waals surface area contributed by atoms with Gasteiger partial charge in [0.05, 0.1) is 11.6 Å². The van der Waals surface area contributed by atoms with E-state index in [-0.39, 0.29) is 11.6 Å². The molecule has 2 rings (SSSR count). The van der Waals surface area contributed by atoms with Crippen molar-refractivity contribution in [1.29, 1.82) is 0 Å². The lowest BCUT2D eigenvalue weighted by Crippen LogP contribution is -2.24. The summed E-state index contributed by atoms with van der Waals surface area (Å²) in [7, 11) is 1.68. The Labute approximate surface area is 112 Å². The maximum absolute atomic E-state index is 11.1. The highest BCUT2D eigenvalue weighted by molar-refractivity contribution is 5.97. The van der Waals surface area contributed by atoms with Crippen molar-refractivity contribution < 1.29 is 4.79 Å². The zero-order chi connectivity index (χ0) is 14.3. The van der Waals surface area contributed by atoms with E-state index in [9.17, 15) is 4.79 Å². The molecule has 0 fully saturated rings. The van der Waals surface area contributed by atoms with Gasteiger partial charge in [-0.1, -0.05) is 13.8 Å². The summed E-state index contributed by atoms with van der Waals surface area (Å²) in [4.78, 5) is 19.3. The van der Waals surface area contributed by atoms with Crippen molar-refractivity contribution in [1.82, 2.24) is 15.3 Å². The van der Waals surface area contributed by atoms with Crippen molar-refractivity contribution in [2.45, 2.75) is 19.9 Å². The number of nitrogens with one attached hydrogen (secondary N) is 3. The Morgan fingerprint density at radius 3 is 2.79 bits per heavy atom. The molecule has 0 saturated carbocycles. The van der Waals surface area contributed by atoms with Gasteiger partial charge in [-0.2, -0.15) is 4.98 Å². The lowest BCUT2D eigenvalue weighted by atomic mass is 10.3. The molecule has 0 saturated heterocycles. The summed E-state index contributed by atoms with van der Waals surface area (Å²) in [5, 5.41) is 9.00. The predicted octanol–water partition coefficient (Wildman–Crippen LogP) is 0.541. The fourth-order valence-corrected chi connectivity index (χ4v) is 1.53. The molecule has 0 radical (unpaired) electrons. The van der Waals surface area contributed by atoms with Crippen LogP contribution in [0.15, 0.2) is 18.5 Å². The molecular weight excluding hydrogens is 244 g/mol. The second-order valence-electron chi connectivity index (χ2n) is 3.59. The largest absolute Gasteiger partial charge is 0.389 e. The number of amides is 1. The summed E-state index contributed by atoms with van der Waals surface area (Å²) >= 11 is 0. The van der Waals surface area contributed by atoms with Gasteiger partial charge in [0, 0.05) is 19.8 Å². The summed E-state index contributed by atoms with van der Waals surface area (Å²) in [5.74, 6) is 0.325. The van der Waals surface area contributed by atoms with E-state index in [4.69, 9.17) is 5.73 Å². The normalized spacial score (nSPS) is 16.1. The minimum absolute atomic E-state index is 0.152. The Bertz CT molecular complexity index is 460. The Morgan fingerprint density at radius 1 is 1.53 bits per heavy atom. The van der Waals surface area contributed by atoms with Crippen molar-refractivity contribution in [3.05, 3.63) is 24.0 Å². The summed E-state index contributed by atoms with van der Waals surface area (Å²) in [6.07, 6.45) is 5.26. The van der Waals surface area contributed by atoms with Crippen molar-refractivity contribution in [2.75, 3.05) is 24.2 Å². The van der Waals surface area contributed by atoms with E-state index in [2.05, 4.69) is 25.9 Å². The van der Waals surface area contributed by atoms with Gasteiger partial charge < -0.3 is 21.7 Å². The summed E-state index contributed by atoms with van der Waals surface area (Å²) in [6, 6.07) is 0.152. The van der Waals surface area contributed by atoms with Crippen molar-refractivity contribution in [3.63, 3.8) is 0 Å². The van der Waals surface area contributed by atoms with Crippen molar-refractivity contribution >= 4 is 17.7 Å². The molecule has 0 bridgehead atoms.